The molecule has 0 spiro atoms. The molecule has 0 fully saturated rings. The van der Waals surface area contributed by atoms with Gasteiger partial charge in [-0.2, -0.15) is 10.2 Å². The van der Waals surface area contributed by atoms with Crippen LogP contribution >= 0.6 is 0 Å². The molecule has 0 amide bonds. The number of hydrogen-bond donors (Lipinski definition) is 1. The Kier molecular flexibility index (Phi) is 2.58. The van der Waals surface area contributed by atoms with Crippen molar-refractivity contribution in [1.29, 1.82) is 0 Å². The monoisotopic (exact) mass is 334 g/mol. The van der Waals surface area contributed by atoms with Crippen LogP contribution in [0.1, 0.15) is 0 Å². The number of aromatic nitrogens is 4. The molecule has 0 bridgehead atoms. The molecule has 3 aromatic heterocycles. The van der Waals surface area contributed by atoms with Crippen molar-refractivity contribution in [3.63, 3.8) is 0 Å². The van der Waals surface area contributed by atoms with E-state index in [2.05, 4.69) is 80.4 Å². The van der Waals surface area contributed by atoms with Crippen molar-refractivity contribution in [2.45, 2.75) is 0 Å². The van der Waals surface area contributed by atoms with Crippen molar-refractivity contribution in [3.05, 3.63) is 79.1 Å². The quantitative estimate of drug-likeness (QED) is 0.449. The van der Waals surface area contributed by atoms with Crippen LogP contribution in [0, 0.1) is 0 Å². The molecule has 6 rings (SSSR count). The Morgan fingerprint density at radius 1 is 0.615 bits per heavy atom. The molecular formula is C22H14N4. The molecule has 1 N–H and O–H groups in total. The molecule has 0 aliphatic heterocycles. The third-order valence-corrected chi connectivity index (χ3v) is 5.12. The summed E-state index contributed by atoms with van der Waals surface area (Å²) < 4.78 is 2.33. The molecule has 0 aliphatic carbocycles. The van der Waals surface area contributed by atoms with Gasteiger partial charge in [-0.3, -0.25) is 0 Å². The van der Waals surface area contributed by atoms with Gasteiger partial charge in [-0.15, -0.1) is 0 Å². The number of aromatic amines is 1. The lowest BCUT2D eigenvalue weighted by Crippen LogP contribution is -1.92. The lowest BCUT2D eigenvalue weighted by Gasteiger charge is -2.07. The normalized spacial score (nSPS) is 11.8. The summed E-state index contributed by atoms with van der Waals surface area (Å²) in [6.45, 7) is 0. The highest BCUT2D eigenvalue weighted by Crippen LogP contribution is 2.36. The average Bonchev–Trinajstić information content (AvgIpc) is 3.22. The summed E-state index contributed by atoms with van der Waals surface area (Å²) in [4.78, 5) is 3.47. The van der Waals surface area contributed by atoms with Crippen LogP contribution in [0.2, 0.25) is 0 Å². The first-order chi connectivity index (χ1) is 12.9. The van der Waals surface area contributed by atoms with Crippen molar-refractivity contribution in [2.75, 3.05) is 0 Å². The molecule has 0 saturated carbocycles. The lowest BCUT2D eigenvalue weighted by molar-refractivity contribution is 1.05. The van der Waals surface area contributed by atoms with Gasteiger partial charge < -0.3 is 9.55 Å². The number of rotatable bonds is 1. The number of H-pyrrole nitrogens is 1. The zero-order chi connectivity index (χ0) is 17.1. The number of para-hydroxylation sites is 2. The highest BCUT2D eigenvalue weighted by molar-refractivity contribution is 6.17. The van der Waals surface area contributed by atoms with Crippen LogP contribution in [0.5, 0.6) is 0 Å². The summed E-state index contributed by atoms with van der Waals surface area (Å²) in [7, 11) is 0. The maximum Gasteiger partial charge on any atom is 0.0737 e. The van der Waals surface area contributed by atoms with Gasteiger partial charge in [0.2, 0.25) is 0 Å². The van der Waals surface area contributed by atoms with Gasteiger partial charge in [0.1, 0.15) is 0 Å². The summed E-state index contributed by atoms with van der Waals surface area (Å²) in [5, 5.41) is 12.8. The van der Waals surface area contributed by atoms with Crippen LogP contribution in [-0.4, -0.2) is 19.7 Å². The first kappa shape index (κ1) is 13.6. The summed E-state index contributed by atoms with van der Waals surface area (Å²) in [6, 6.07) is 23.6. The lowest BCUT2D eigenvalue weighted by atomic mass is 10.1. The third-order valence-electron chi connectivity index (χ3n) is 5.12. The van der Waals surface area contributed by atoms with Crippen LogP contribution in [0.4, 0.5) is 0 Å². The number of hydrogen-bond acceptors (Lipinski definition) is 2. The Hall–Kier alpha value is -3.66. The second-order valence-corrected chi connectivity index (χ2v) is 6.54. The Bertz CT molecular complexity index is 1420. The van der Waals surface area contributed by atoms with Crippen LogP contribution in [0.3, 0.4) is 0 Å². The van der Waals surface area contributed by atoms with E-state index in [0.29, 0.717) is 0 Å². The van der Waals surface area contributed by atoms with Gasteiger partial charge in [0.15, 0.2) is 0 Å². The third kappa shape index (κ3) is 1.73. The summed E-state index contributed by atoms with van der Waals surface area (Å²) >= 11 is 0. The zero-order valence-electron chi connectivity index (χ0n) is 13.8. The van der Waals surface area contributed by atoms with E-state index in [1.807, 2.05) is 12.3 Å². The molecule has 0 aliphatic rings. The van der Waals surface area contributed by atoms with Crippen LogP contribution < -0.4 is 0 Å². The molecule has 0 radical (unpaired) electrons. The topological polar surface area (TPSA) is 46.5 Å². The molecule has 26 heavy (non-hydrogen) atoms. The Labute approximate surface area is 148 Å². The van der Waals surface area contributed by atoms with Gasteiger partial charge in [0.05, 0.1) is 28.9 Å². The maximum absolute atomic E-state index is 4.06. The van der Waals surface area contributed by atoms with E-state index in [0.717, 1.165) is 22.1 Å². The Morgan fingerprint density at radius 2 is 1.42 bits per heavy atom. The van der Waals surface area contributed by atoms with Crippen molar-refractivity contribution >= 4 is 43.6 Å². The van der Waals surface area contributed by atoms with Crippen molar-refractivity contribution in [3.8, 4) is 5.69 Å². The zero-order valence-corrected chi connectivity index (χ0v) is 13.8. The maximum atomic E-state index is 4.06. The Morgan fingerprint density at radius 3 is 2.35 bits per heavy atom. The average molecular weight is 334 g/mol. The largest absolute Gasteiger partial charge is 0.353 e. The van der Waals surface area contributed by atoms with Crippen molar-refractivity contribution in [1.82, 2.24) is 19.7 Å². The minimum absolute atomic E-state index is 1.01. The minimum atomic E-state index is 1.01. The van der Waals surface area contributed by atoms with E-state index in [1.165, 1.54) is 27.2 Å². The van der Waals surface area contributed by atoms with E-state index in [9.17, 15) is 0 Å². The van der Waals surface area contributed by atoms with Gasteiger partial charge in [0, 0.05) is 32.7 Å². The first-order valence-corrected chi connectivity index (χ1v) is 8.61. The second-order valence-electron chi connectivity index (χ2n) is 6.54. The molecule has 0 saturated heterocycles. The van der Waals surface area contributed by atoms with Crippen LogP contribution in [-0.2, 0) is 0 Å². The predicted octanol–water partition coefficient (Wildman–Crippen LogP) is 5.21. The van der Waals surface area contributed by atoms with Crippen LogP contribution in [0.15, 0.2) is 79.1 Å². The number of benzene rings is 3. The van der Waals surface area contributed by atoms with Gasteiger partial charge in [-0.05, 0) is 30.3 Å². The molecule has 4 nitrogen and oxygen atoms in total. The second kappa shape index (κ2) is 4.92. The van der Waals surface area contributed by atoms with E-state index >= 15 is 0 Å². The fourth-order valence-corrected chi connectivity index (χ4v) is 3.98. The molecule has 3 heterocycles. The van der Waals surface area contributed by atoms with Gasteiger partial charge >= 0.3 is 0 Å². The number of nitrogens with zero attached hydrogens (tertiary/aromatic N) is 3. The summed E-state index contributed by atoms with van der Waals surface area (Å²) in [5.41, 5.74) is 5.70. The van der Waals surface area contributed by atoms with E-state index in [1.54, 1.807) is 6.20 Å². The van der Waals surface area contributed by atoms with Crippen molar-refractivity contribution in [2.24, 2.45) is 0 Å². The SMILES string of the molecule is c1ccc(-n2c3ccccc3c3cc4[nH]c5cnncc5c4cc32)cc1. The molecule has 0 atom stereocenters. The summed E-state index contributed by atoms with van der Waals surface area (Å²) in [5.74, 6) is 0. The fourth-order valence-electron chi connectivity index (χ4n) is 3.98. The van der Waals surface area contributed by atoms with E-state index in [4.69, 9.17) is 0 Å². The molecule has 6 aromatic rings. The number of nitrogens with one attached hydrogen (secondary N) is 1. The molecule has 122 valence electrons. The number of fused-ring (bicyclic) bond motifs is 6. The Balaban J connectivity index is 1.86. The predicted molar refractivity (Wildman–Crippen MR) is 106 cm³/mol. The molecule has 3 aromatic carbocycles. The summed E-state index contributed by atoms with van der Waals surface area (Å²) in [6.07, 6.45) is 3.61. The smallest absolute Gasteiger partial charge is 0.0737 e. The highest BCUT2D eigenvalue weighted by Gasteiger charge is 2.14. The van der Waals surface area contributed by atoms with Gasteiger partial charge in [-0.25, -0.2) is 0 Å². The molecule has 4 heteroatoms. The van der Waals surface area contributed by atoms with E-state index < -0.39 is 0 Å². The van der Waals surface area contributed by atoms with Gasteiger partial charge in [0.25, 0.3) is 0 Å². The fraction of sp³-hybridized carbons (Fsp3) is 0. The van der Waals surface area contributed by atoms with Crippen molar-refractivity contribution < 1.29 is 0 Å². The minimum Gasteiger partial charge on any atom is -0.353 e. The molecular weight excluding hydrogens is 320 g/mol. The van der Waals surface area contributed by atoms with Crippen LogP contribution in [0.25, 0.3) is 49.3 Å². The first-order valence-electron chi connectivity index (χ1n) is 8.61. The van der Waals surface area contributed by atoms with E-state index in [-0.39, 0.29) is 0 Å². The highest BCUT2D eigenvalue weighted by atomic mass is 15.1. The molecule has 0 unspecified atom stereocenters. The van der Waals surface area contributed by atoms with Gasteiger partial charge in [-0.1, -0.05) is 36.4 Å². The standard InChI is InChI=1S/C22H14N4/c1-2-6-14(7-3-1)26-21-9-5-4-8-15(21)17-10-19-16(11-22(17)26)18-12-23-24-13-20(18)25-19/h1-13,25H.